The van der Waals surface area contributed by atoms with E-state index in [1.165, 1.54) is 0 Å². The van der Waals surface area contributed by atoms with Gasteiger partial charge in [0, 0.05) is 4.47 Å². The van der Waals surface area contributed by atoms with Gasteiger partial charge in [-0.05, 0) is 46.2 Å². The minimum atomic E-state index is -0.646. The zero-order chi connectivity index (χ0) is 14.8. The molecule has 0 fully saturated rings. The summed E-state index contributed by atoms with van der Waals surface area (Å²) in [5.74, 6) is 0.835. The summed E-state index contributed by atoms with van der Waals surface area (Å²) in [6.45, 7) is 0. The first kappa shape index (κ1) is 14.1. The number of methoxy groups -OCH3 is 1. The topological polar surface area (TPSA) is 29.5 Å². The Labute approximate surface area is 132 Å². The Morgan fingerprint density at radius 3 is 2.43 bits per heavy atom. The minimum Gasteiger partial charge on any atom is -0.497 e. The van der Waals surface area contributed by atoms with Crippen molar-refractivity contribution in [3.05, 3.63) is 76.3 Å². The van der Waals surface area contributed by atoms with Gasteiger partial charge in [0.05, 0.1) is 7.11 Å². The van der Waals surface area contributed by atoms with Crippen molar-refractivity contribution in [1.82, 2.24) is 0 Å². The van der Waals surface area contributed by atoms with Crippen LogP contribution in [0.25, 0.3) is 10.8 Å². The summed E-state index contributed by atoms with van der Waals surface area (Å²) in [7, 11) is 1.66. The molecule has 3 aromatic rings. The Morgan fingerprint density at radius 2 is 1.67 bits per heavy atom. The Bertz CT molecular complexity index is 783. The molecule has 0 radical (unpaired) electrons. The number of hydrogen-bond donors (Lipinski definition) is 1. The fraction of sp³-hybridized carbons (Fsp3) is 0.111. The summed E-state index contributed by atoms with van der Waals surface area (Å²) >= 11 is 3.49. The second-order valence-corrected chi connectivity index (χ2v) is 5.75. The molecule has 1 N–H and O–H groups in total. The SMILES string of the molecule is COc1ccc2cc(C(O)c3ccccc3Br)ccc2c1. The monoisotopic (exact) mass is 342 g/mol. The van der Waals surface area contributed by atoms with Crippen LogP contribution in [0.15, 0.2) is 65.1 Å². The summed E-state index contributed by atoms with van der Waals surface area (Å²) in [6, 6.07) is 19.6. The lowest BCUT2D eigenvalue weighted by Crippen LogP contribution is -2.00. The molecule has 3 aromatic carbocycles. The summed E-state index contributed by atoms with van der Waals surface area (Å²) in [5, 5.41) is 12.8. The maximum Gasteiger partial charge on any atom is 0.119 e. The molecule has 0 aliphatic rings. The predicted octanol–water partition coefficient (Wildman–Crippen LogP) is 4.69. The van der Waals surface area contributed by atoms with E-state index in [2.05, 4.69) is 15.9 Å². The van der Waals surface area contributed by atoms with Gasteiger partial charge in [0.15, 0.2) is 0 Å². The highest BCUT2D eigenvalue weighted by Gasteiger charge is 2.13. The molecule has 21 heavy (non-hydrogen) atoms. The number of aliphatic hydroxyl groups excluding tert-OH is 1. The molecule has 0 amide bonds. The molecule has 0 spiro atoms. The van der Waals surface area contributed by atoms with Gasteiger partial charge in [-0.3, -0.25) is 0 Å². The van der Waals surface area contributed by atoms with Gasteiger partial charge in [0.25, 0.3) is 0 Å². The van der Waals surface area contributed by atoms with Crippen LogP contribution < -0.4 is 4.74 Å². The highest BCUT2D eigenvalue weighted by atomic mass is 79.9. The number of aliphatic hydroxyl groups is 1. The fourth-order valence-corrected chi connectivity index (χ4v) is 2.92. The van der Waals surface area contributed by atoms with Crippen molar-refractivity contribution in [2.24, 2.45) is 0 Å². The van der Waals surface area contributed by atoms with Crippen LogP contribution in [0.4, 0.5) is 0 Å². The number of ether oxygens (including phenoxy) is 1. The average Bonchev–Trinajstić information content (AvgIpc) is 2.53. The number of halogens is 1. The molecule has 0 saturated carbocycles. The number of hydrogen-bond acceptors (Lipinski definition) is 2. The Balaban J connectivity index is 2.03. The number of fused-ring (bicyclic) bond motifs is 1. The van der Waals surface area contributed by atoms with Gasteiger partial charge < -0.3 is 9.84 Å². The first-order valence-electron chi connectivity index (χ1n) is 6.69. The molecular weight excluding hydrogens is 328 g/mol. The van der Waals surface area contributed by atoms with Crippen molar-refractivity contribution in [3.63, 3.8) is 0 Å². The van der Waals surface area contributed by atoms with E-state index < -0.39 is 6.10 Å². The van der Waals surface area contributed by atoms with E-state index in [4.69, 9.17) is 4.74 Å². The zero-order valence-corrected chi connectivity index (χ0v) is 13.2. The van der Waals surface area contributed by atoms with Crippen LogP contribution in [-0.2, 0) is 0 Å². The van der Waals surface area contributed by atoms with Gasteiger partial charge in [0.1, 0.15) is 11.9 Å². The molecule has 0 aliphatic heterocycles. The average molecular weight is 343 g/mol. The van der Waals surface area contributed by atoms with Gasteiger partial charge in [-0.15, -0.1) is 0 Å². The van der Waals surface area contributed by atoms with E-state index in [0.29, 0.717) is 0 Å². The third-order valence-corrected chi connectivity index (χ3v) is 4.31. The van der Waals surface area contributed by atoms with Gasteiger partial charge in [-0.1, -0.05) is 52.3 Å². The Kier molecular flexibility index (Phi) is 3.95. The molecule has 3 heteroatoms. The number of benzene rings is 3. The van der Waals surface area contributed by atoms with Crippen molar-refractivity contribution in [2.75, 3.05) is 7.11 Å². The maximum atomic E-state index is 10.6. The van der Waals surface area contributed by atoms with E-state index in [9.17, 15) is 5.11 Å². The molecule has 106 valence electrons. The molecule has 0 aliphatic carbocycles. The van der Waals surface area contributed by atoms with Crippen molar-refractivity contribution in [2.45, 2.75) is 6.10 Å². The molecule has 1 unspecified atom stereocenters. The lowest BCUT2D eigenvalue weighted by molar-refractivity contribution is 0.219. The highest BCUT2D eigenvalue weighted by molar-refractivity contribution is 9.10. The van der Waals surface area contributed by atoms with Gasteiger partial charge in [0.2, 0.25) is 0 Å². The van der Waals surface area contributed by atoms with Crippen molar-refractivity contribution >= 4 is 26.7 Å². The maximum absolute atomic E-state index is 10.6. The summed E-state index contributed by atoms with van der Waals surface area (Å²) in [6.07, 6.45) is -0.646. The molecular formula is C18H15BrO2. The van der Waals surface area contributed by atoms with Crippen LogP contribution >= 0.6 is 15.9 Å². The van der Waals surface area contributed by atoms with E-state index in [-0.39, 0.29) is 0 Å². The molecule has 0 bridgehead atoms. The lowest BCUT2D eigenvalue weighted by Gasteiger charge is -2.14. The van der Waals surface area contributed by atoms with Gasteiger partial charge in [-0.2, -0.15) is 0 Å². The summed E-state index contributed by atoms with van der Waals surface area (Å²) in [4.78, 5) is 0. The quantitative estimate of drug-likeness (QED) is 0.747. The third-order valence-electron chi connectivity index (χ3n) is 3.59. The highest BCUT2D eigenvalue weighted by Crippen LogP contribution is 2.30. The van der Waals surface area contributed by atoms with Gasteiger partial charge >= 0.3 is 0 Å². The van der Waals surface area contributed by atoms with Crippen LogP contribution in [0.1, 0.15) is 17.2 Å². The molecule has 0 saturated heterocycles. The smallest absolute Gasteiger partial charge is 0.119 e. The molecule has 2 nitrogen and oxygen atoms in total. The van der Waals surface area contributed by atoms with E-state index in [1.54, 1.807) is 7.11 Å². The predicted molar refractivity (Wildman–Crippen MR) is 88.7 cm³/mol. The van der Waals surface area contributed by atoms with Crippen LogP contribution in [0.3, 0.4) is 0 Å². The van der Waals surface area contributed by atoms with Gasteiger partial charge in [-0.25, -0.2) is 0 Å². The Hall–Kier alpha value is -1.84. The van der Waals surface area contributed by atoms with Crippen molar-refractivity contribution in [1.29, 1.82) is 0 Å². The first-order chi connectivity index (χ1) is 10.2. The largest absolute Gasteiger partial charge is 0.497 e. The van der Waals surface area contributed by atoms with E-state index in [1.807, 2.05) is 60.7 Å². The summed E-state index contributed by atoms with van der Waals surface area (Å²) < 4.78 is 6.14. The third kappa shape index (κ3) is 2.80. The number of rotatable bonds is 3. The second kappa shape index (κ2) is 5.88. The van der Waals surface area contributed by atoms with Crippen molar-refractivity contribution < 1.29 is 9.84 Å². The van der Waals surface area contributed by atoms with Crippen LogP contribution in [0.2, 0.25) is 0 Å². The van der Waals surface area contributed by atoms with Crippen LogP contribution in [0, 0.1) is 0 Å². The first-order valence-corrected chi connectivity index (χ1v) is 7.48. The van der Waals surface area contributed by atoms with E-state index in [0.717, 1.165) is 32.1 Å². The molecule has 0 heterocycles. The standard InChI is InChI=1S/C18H15BrO2/c1-21-15-9-8-12-10-14(7-6-13(12)11-15)18(20)16-4-2-3-5-17(16)19/h2-11,18,20H,1H3. The zero-order valence-electron chi connectivity index (χ0n) is 11.6. The molecule has 1 atom stereocenters. The van der Waals surface area contributed by atoms with Crippen LogP contribution in [-0.4, -0.2) is 12.2 Å². The lowest BCUT2D eigenvalue weighted by atomic mass is 9.98. The fourth-order valence-electron chi connectivity index (χ4n) is 2.42. The summed E-state index contributed by atoms with van der Waals surface area (Å²) in [5.41, 5.74) is 1.74. The Morgan fingerprint density at radius 1 is 0.952 bits per heavy atom. The van der Waals surface area contributed by atoms with Crippen molar-refractivity contribution in [3.8, 4) is 5.75 Å². The minimum absolute atomic E-state index is 0.646. The van der Waals surface area contributed by atoms with E-state index >= 15 is 0 Å². The second-order valence-electron chi connectivity index (χ2n) is 4.90. The molecule has 0 aromatic heterocycles. The normalized spacial score (nSPS) is 12.3. The van der Waals surface area contributed by atoms with Crippen LogP contribution in [0.5, 0.6) is 5.75 Å². The molecule has 3 rings (SSSR count).